The normalized spacial score (nSPS) is 19.4. The van der Waals surface area contributed by atoms with Crippen molar-refractivity contribution < 1.29 is 4.74 Å². The van der Waals surface area contributed by atoms with Crippen LogP contribution in [0.3, 0.4) is 0 Å². The summed E-state index contributed by atoms with van der Waals surface area (Å²) < 4.78 is 7.11. The van der Waals surface area contributed by atoms with E-state index >= 15 is 0 Å². The molecule has 5 nitrogen and oxygen atoms in total. The number of hydrogen-bond acceptors (Lipinski definition) is 4. The van der Waals surface area contributed by atoms with E-state index in [1.165, 1.54) is 12.8 Å². The van der Waals surface area contributed by atoms with Crippen LogP contribution in [0.15, 0.2) is 6.07 Å². The fraction of sp³-hybridized carbons (Fsp3) is 0.643. The van der Waals surface area contributed by atoms with Gasteiger partial charge in [-0.05, 0) is 24.8 Å². The lowest BCUT2D eigenvalue weighted by Crippen LogP contribution is -2.36. The molecule has 1 aliphatic heterocycles. The van der Waals surface area contributed by atoms with Gasteiger partial charge in [0.2, 0.25) is 0 Å². The van der Waals surface area contributed by atoms with E-state index in [1.807, 2.05) is 4.57 Å². The third-order valence-electron chi connectivity index (χ3n) is 3.69. The average molecular weight is 262 g/mol. The van der Waals surface area contributed by atoms with E-state index in [1.54, 1.807) is 13.2 Å². The molecule has 0 aromatic carbocycles. The summed E-state index contributed by atoms with van der Waals surface area (Å²) >= 11 is 0. The number of hydrogen-bond donors (Lipinski definition) is 1. The molecule has 0 radical (unpaired) electrons. The van der Waals surface area contributed by atoms with Gasteiger partial charge in [0.25, 0.3) is 0 Å². The molecule has 1 aliphatic rings. The number of aromatic nitrogens is 1. The summed E-state index contributed by atoms with van der Waals surface area (Å²) in [6, 6.07) is 3.98. The number of piperidine rings is 1. The number of nitrogens with zero attached hydrogens (tertiary/aromatic N) is 3. The lowest BCUT2D eigenvalue weighted by atomic mass is 10.0. The van der Waals surface area contributed by atoms with Crippen LogP contribution < -0.4 is 10.6 Å². The highest BCUT2D eigenvalue weighted by Gasteiger charge is 2.23. The summed E-state index contributed by atoms with van der Waals surface area (Å²) in [6.07, 6.45) is 2.44. The van der Waals surface area contributed by atoms with Crippen molar-refractivity contribution in [3.63, 3.8) is 0 Å². The molecule has 0 bridgehead atoms. The first-order valence-corrected chi connectivity index (χ1v) is 6.80. The molecule has 0 unspecified atom stereocenters. The van der Waals surface area contributed by atoms with Gasteiger partial charge in [-0.15, -0.1) is 0 Å². The van der Waals surface area contributed by atoms with Crippen molar-refractivity contribution in [2.24, 2.45) is 5.92 Å². The van der Waals surface area contributed by atoms with Gasteiger partial charge in [-0.1, -0.05) is 6.92 Å². The van der Waals surface area contributed by atoms with Gasteiger partial charge in [-0.25, -0.2) is 0 Å². The van der Waals surface area contributed by atoms with E-state index < -0.39 is 0 Å². The summed E-state index contributed by atoms with van der Waals surface area (Å²) in [5.74, 6) is 1.66. The van der Waals surface area contributed by atoms with E-state index in [9.17, 15) is 5.26 Å². The molecule has 1 fully saturated rings. The number of rotatable bonds is 4. The Hall–Kier alpha value is -1.67. The second-order valence-corrected chi connectivity index (χ2v) is 5.26. The van der Waals surface area contributed by atoms with Gasteiger partial charge in [-0.3, -0.25) is 0 Å². The predicted octanol–water partition coefficient (Wildman–Crippen LogP) is 1.82. The predicted molar refractivity (Wildman–Crippen MR) is 76.0 cm³/mol. The highest BCUT2D eigenvalue weighted by Crippen LogP contribution is 2.31. The zero-order valence-electron chi connectivity index (χ0n) is 11.7. The van der Waals surface area contributed by atoms with E-state index in [0.717, 1.165) is 18.9 Å². The number of nitrogens with two attached hydrogens (primary N) is 1. The molecule has 104 valence electrons. The summed E-state index contributed by atoms with van der Waals surface area (Å²) in [4.78, 5) is 2.31. The Morgan fingerprint density at radius 3 is 3.00 bits per heavy atom. The topological polar surface area (TPSA) is 67.2 Å². The van der Waals surface area contributed by atoms with Crippen LogP contribution in [-0.4, -0.2) is 31.4 Å². The zero-order chi connectivity index (χ0) is 13.8. The van der Waals surface area contributed by atoms with Crippen molar-refractivity contribution >= 4 is 11.5 Å². The molecule has 1 aromatic heterocycles. The molecule has 2 N–H and O–H groups in total. The van der Waals surface area contributed by atoms with E-state index in [2.05, 4.69) is 17.9 Å². The van der Waals surface area contributed by atoms with Crippen molar-refractivity contribution in [3.8, 4) is 6.07 Å². The van der Waals surface area contributed by atoms with Crippen LogP contribution in [0.5, 0.6) is 0 Å². The molecular weight excluding hydrogens is 240 g/mol. The lowest BCUT2D eigenvalue weighted by Gasteiger charge is -2.33. The Labute approximate surface area is 114 Å². The summed E-state index contributed by atoms with van der Waals surface area (Å²) in [5, 5.41) is 9.22. The van der Waals surface area contributed by atoms with Gasteiger partial charge < -0.3 is 19.9 Å². The second-order valence-electron chi connectivity index (χ2n) is 5.26. The lowest BCUT2D eigenvalue weighted by molar-refractivity contribution is 0.187. The standard InChI is InChI=1S/C14H22N4O/c1-11-4-3-5-17(10-11)14-13(16)8-12(9-15)18(14)6-7-19-2/h8,11H,3-7,10,16H2,1-2H3/t11-/m0/s1. The number of ether oxygens (including phenoxy) is 1. The molecular formula is C14H22N4O. The van der Waals surface area contributed by atoms with Crippen LogP contribution in [0.1, 0.15) is 25.5 Å². The molecule has 19 heavy (non-hydrogen) atoms. The zero-order valence-corrected chi connectivity index (χ0v) is 11.7. The highest BCUT2D eigenvalue weighted by atomic mass is 16.5. The molecule has 1 atom stereocenters. The Balaban J connectivity index is 2.32. The van der Waals surface area contributed by atoms with Crippen molar-refractivity contribution in [3.05, 3.63) is 11.8 Å². The molecule has 5 heteroatoms. The van der Waals surface area contributed by atoms with Crippen LogP contribution in [0.2, 0.25) is 0 Å². The second kappa shape index (κ2) is 5.98. The maximum atomic E-state index is 9.22. The Bertz CT molecular complexity index is 475. The Kier molecular flexibility index (Phi) is 4.33. The third-order valence-corrected chi connectivity index (χ3v) is 3.69. The van der Waals surface area contributed by atoms with Crippen LogP contribution in [0.4, 0.5) is 11.5 Å². The van der Waals surface area contributed by atoms with Gasteiger partial charge in [0.15, 0.2) is 0 Å². The molecule has 0 saturated carbocycles. The summed E-state index contributed by atoms with van der Waals surface area (Å²) in [7, 11) is 1.67. The molecule has 0 amide bonds. The molecule has 2 heterocycles. The maximum Gasteiger partial charge on any atom is 0.133 e. The van der Waals surface area contributed by atoms with Crippen LogP contribution in [0.25, 0.3) is 0 Å². The first-order valence-electron chi connectivity index (χ1n) is 6.80. The first kappa shape index (κ1) is 13.8. The Morgan fingerprint density at radius 1 is 1.58 bits per heavy atom. The van der Waals surface area contributed by atoms with Gasteiger partial charge in [0.05, 0.1) is 12.3 Å². The van der Waals surface area contributed by atoms with Crippen LogP contribution in [0, 0.1) is 17.2 Å². The summed E-state index contributed by atoms with van der Waals surface area (Å²) in [6.45, 7) is 5.52. The van der Waals surface area contributed by atoms with Crippen LogP contribution >= 0.6 is 0 Å². The maximum absolute atomic E-state index is 9.22. The summed E-state index contributed by atoms with van der Waals surface area (Å²) in [5.41, 5.74) is 7.42. The van der Waals surface area contributed by atoms with Crippen molar-refractivity contribution in [1.82, 2.24) is 4.57 Å². The minimum atomic E-state index is 0.583. The fourth-order valence-electron chi connectivity index (χ4n) is 2.80. The van der Waals surface area contributed by atoms with Gasteiger partial charge in [0, 0.05) is 26.7 Å². The molecule has 0 aliphatic carbocycles. The van der Waals surface area contributed by atoms with Crippen LogP contribution in [-0.2, 0) is 11.3 Å². The average Bonchev–Trinajstić information content (AvgIpc) is 2.72. The van der Waals surface area contributed by atoms with Gasteiger partial charge in [-0.2, -0.15) is 5.26 Å². The van der Waals surface area contributed by atoms with Gasteiger partial charge in [0.1, 0.15) is 17.6 Å². The quantitative estimate of drug-likeness (QED) is 0.899. The smallest absolute Gasteiger partial charge is 0.133 e. The number of nitriles is 1. The molecule has 0 spiro atoms. The molecule has 1 saturated heterocycles. The number of anilines is 2. The molecule has 2 rings (SSSR count). The number of nitrogen functional groups attached to an aromatic ring is 1. The van der Waals surface area contributed by atoms with E-state index in [0.29, 0.717) is 30.5 Å². The first-order chi connectivity index (χ1) is 9.17. The minimum Gasteiger partial charge on any atom is -0.396 e. The van der Waals surface area contributed by atoms with E-state index in [4.69, 9.17) is 10.5 Å². The number of methoxy groups -OCH3 is 1. The molecule has 1 aromatic rings. The monoisotopic (exact) mass is 262 g/mol. The highest BCUT2D eigenvalue weighted by molar-refractivity contribution is 5.68. The van der Waals surface area contributed by atoms with Gasteiger partial charge >= 0.3 is 0 Å². The van der Waals surface area contributed by atoms with Crippen molar-refractivity contribution in [2.75, 3.05) is 37.4 Å². The third kappa shape index (κ3) is 2.85. The van der Waals surface area contributed by atoms with Crippen molar-refractivity contribution in [1.29, 1.82) is 5.26 Å². The fourth-order valence-corrected chi connectivity index (χ4v) is 2.80. The minimum absolute atomic E-state index is 0.583. The largest absolute Gasteiger partial charge is 0.396 e. The van der Waals surface area contributed by atoms with Crippen molar-refractivity contribution in [2.45, 2.75) is 26.3 Å². The van der Waals surface area contributed by atoms with E-state index in [-0.39, 0.29) is 0 Å². The Morgan fingerprint density at radius 2 is 2.37 bits per heavy atom. The SMILES string of the molecule is COCCn1c(C#N)cc(N)c1N1CCC[C@H](C)C1.